The van der Waals surface area contributed by atoms with E-state index in [9.17, 15) is 10.1 Å². The van der Waals surface area contributed by atoms with E-state index in [0.717, 1.165) is 5.56 Å². The third-order valence-corrected chi connectivity index (χ3v) is 4.35. The Morgan fingerprint density at radius 1 is 1.22 bits per heavy atom. The highest BCUT2D eigenvalue weighted by molar-refractivity contribution is 6.31. The number of halogens is 1. The number of methoxy groups -OCH3 is 2. The third-order valence-electron chi connectivity index (χ3n) is 3.94. The molecule has 0 saturated carbocycles. The average molecular weight is 396 g/mol. The van der Waals surface area contributed by atoms with E-state index < -0.39 is 4.92 Å². The lowest BCUT2D eigenvalue weighted by Crippen LogP contribution is -2.32. The summed E-state index contributed by atoms with van der Waals surface area (Å²) >= 11 is 6.14. The van der Waals surface area contributed by atoms with Gasteiger partial charge in [0.05, 0.1) is 18.1 Å². The number of nitrogens with zero attached hydrogens (tertiary/aromatic N) is 4. The fourth-order valence-corrected chi connectivity index (χ4v) is 2.63. The first-order valence-electron chi connectivity index (χ1n) is 8.24. The number of rotatable bonds is 10. The Morgan fingerprint density at radius 2 is 1.89 bits per heavy atom. The minimum absolute atomic E-state index is 0.0928. The summed E-state index contributed by atoms with van der Waals surface area (Å²) in [4.78, 5) is 21.3. The second-order valence-electron chi connectivity index (χ2n) is 5.66. The van der Waals surface area contributed by atoms with E-state index in [-0.39, 0.29) is 17.3 Å². The van der Waals surface area contributed by atoms with Gasteiger partial charge in [0.15, 0.2) is 0 Å². The summed E-state index contributed by atoms with van der Waals surface area (Å²) in [6.45, 7) is 3.45. The Bertz CT molecular complexity index is 782. The van der Waals surface area contributed by atoms with E-state index in [4.69, 9.17) is 21.1 Å². The molecule has 0 fully saturated rings. The second kappa shape index (κ2) is 10.0. The Balaban J connectivity index is 2.45. The zero-order valence-corrected chi connectivity index (χ0v) is 16.2. The standard InChI is InChI=1S/C17H22ClN5O4/c1-12-13(18)5-4-6-14(12)21-16-15(23(24)25)17(20-11-19-16)22(7-9-26-2)8-10-27-3/h4-6,11H,7-10H2,1-3H3,(H,19,20,21). The van der Waals surface area contributed by atoms with Crippen LogP contribution in [0.2, 0.25) is 5.02 Å². The van der Waals surface area contributed by atoms with E-state index in [1.165, 1.54) is 6.33 Å². The number of nitro groups is 1. The Morgan fingerprint density at radius 3 is 2.48 bits per heavy atom. The maximum atomic E-state index is 11.8. The number of anilines is 3. The number of ether oxygens (including phenoxy) is 2. The predicted molar refractivity (Wildman–Crippen MR) is 104 cm³/mol. The molecule has 0 spiro atoms. The van der Waals surface area contributed by atoms with Crippen LogP contribution in [0.5, 0.6) is 0 Å². The molecule has 9 nitrogen and oxygen atoms in total. The second-order valence-corrected chi connectivity index (χ2v) is 6.07. The zero-order valence-electron chi connectivity index (χ0n) is 15.4. The van der Waals surface area contributed by atoms with Gasteiger partial charge in [-0.1, -0.05) is 17.7 Å². The van der Waals surface area contributed by atoms with Crippen molar-refractivity contribution < 1.29 is 14.4 Å². The first-order chi connectivity index (χ1) is 13.0. The number of hydrogen-bond acceptors (Lipinski definition) is 8. The zero-order chi connectivity index (χ0) is 19.8. The van der Waals surface area contributed by atoms with Crippen LogP contribution < -0.4 is 10.2 Å². The highest BCUT2D eigenvalue weighted by atomic mass is 35.5. The lowest BCUT2D eigenvalue weighted by molar-refractivity contribution is -0.383. The molecule has 2 rings (SSSR count). The summed E-state index contributed by atoms with van der Waals surface area (Å²) in [5.74, 6) is 0.293. The molecule has 1 heterocycles. The molecule has 0 bridgehead atoms. The van der Waals surface area contributed by atoms with Crippen LogP contribution in [0.1, 0.15) is 5.56 Å². The van der Waals surface area contributed by atoms with Crippen LogP contribution in [0.3, 0.4) is 0 Å². The maximum absolute atomic E-state index is 11.8. The molecule has 27 heavy (non-hydrogen) atoms. The molecule has 0 aliphatic rings. The van der Waals surface area contributed by atoms with Gasteiger partial charge in [0.2, 0.25) is 11.6 Å². The van der Waals surface area contributed by atoms with Crippen molar-refractivity contribution in [1.29, 1.82) is 0 Å². The van der Waals surface area contributed by atoms with Gasteiger partial charge in [-0.25, -0.2) is 9.97 Å². The highest BCUT2D eigenvalue weighted by Gasteiger charge is 2.27. The Hall–Kier alpha value is -2.49. The third kappa shape index (κ3) is 5.25. The number of aromatic nitrogens is 2. The molecule has 0 aliphatic carbocycles. The lowest BCUT2D eigenvalue weighted by atomic mass is 10.2. The summed E-state index contributed by atoms with van der Waals surface area (Å²) in [5, 5.41) is 15.4. The van der Waals surface area contributed by atoms with Crippen molar-refractivity contribution in [3.8, 4) is 0 Å². The summed E-state index contributed by atoms with van der Waals surface area (Å²) < 4.78 is 10.2. The quantitative estimate of drug-likeness (QED) is 0.483. The molecule has 2 aromatic rings. The minimum Gasteiger partial charge on any atom is -0.383 e. The molecular formula is C17H22ClN5O4. The molecule has 0 saturated heterocycles. The van der Waals surface area contributed by atoms with E-state index in [2.05, 4.69) is 15.3 Å². The summed E-state index contributed by atoms with van der Waals surface area (Å²) in [7, 11) is 3.13. The Labute approximate surface area is 162 Å². The topological polar surface area (TPSA) is 103 Å². The van der Waals surface area contributed by atoms with Gasteiger partial charge in [0, 0.05) is 38.0 Å². The number of hydrogen-bond donors (Lipinski definition) is 1. The summed E-state index contributed by atoms with van der Waals surface area (Å²) in [6.07, 6.45) is 1.29. The first-order valence-corrected chi connectivity index (χ1v) is 8.61. The van der Waals surface area contributed by atoms with Gasteiger partial charge < -0.3 is 19.7 Å². The fourth-order valence-electron chi connectivity index (χ4n) is 2.46. The fraction of sp³-hybridized carbons (Fsp3) is 0.412. The number of nitrogens with one attached hydrogen (secondary N) is 1. The molecule has 1 aromatic heterocycles. The largest absolute Gasteiger partial charge is 0.383 e. The van der Waals surface area contributed by atoms with Crippen LogP contribution in [0.25, 0.3) is 0 Å². The monoisotopic (exact) mass is 395 g/mol. The van der Waals surface area contributed by atoms with Gasteiger partial charge >= 0.3 is 5.69 Å². The van der Waals surface area contributed by atoms with Crippen molar-refractivity contribution in [2.75, 3.05) is 50.7 Å². The molecule has 0 amide bonds. The van der Waals surface area contributed by atoms with Crippen LogP contribution in [0.4, 0.5) is 23.0 Å². The number of benzene rings is 1. The van der Waals surface area contributed by atoms with E-state index in [0.29, 0.717) is 37.0 Å². The predicted octanol–water partition coefficient (Wildman–Crippen LogP) is 3.19. The maximum Gasteiger partial charge on any atom is 0.353 e. The Kier molecular flexibility index (Phi) is 7.71. The van der Waals surface area contributed by atoms with Crippen molar-refractivity contribution in [2.45, 2.75) is 6.92 Å². The van der Waals surface area contributed by atoms with E-state index in [1.54, 1.807) is 37.3 Å². The molecule has 0 aliphatic heterocycles. The van der Waals surface area contributed by atoms with Crippen LogP contribution in [-0.4, -0.2) is 55.4 Å². The van der Waals surface area contributed by atoms with Crippen molar-refractivity contribution in [3.05, 3.63) is 45.2 Å². The van der Waals surface area contributed by atoms with Crippen LogP contribution in [0, 0.1) is 17.0 Å². The van der Waals surface area contributed by atoms with Gasteiger partial charge in [0.1, 0.15) is 6.33 Å². The van der Waals surface area contributed by atoms with E-state index in [1.807, 2.05) is 6.92 Å². The van der Waals surface area contributed by atoms with Gasteiger partial charge in [-0.15, -0.1) is 0 Å². The van der Waals surface area contributed by atoms with Gasteiger partial charge in [-0.05, 0) is 24.6 Å². The van der Waals surface area contributed by atoms with Crippen LogP contribution >= 0.6 is 11.6 Å². The minimum atomic E-state index is -0.496. The summed E-state index contributed by atoms with van der Waals surface area (Å²) in [6, 6.07) is 5.29. The van der Waals surface area contributed by atoms with Crippen molar-refractivity contribution in [2.24, 2.45) is 0 Å². The SMILES string of the molecule is COCCN(CCOC)c1ncnc(Nc2cccc(Cl)c2C)c1[N+](=O)[O-]. The van der Waals surface area contributed by atoms with Crippen molar-refractivity contribution >= 4 is 34.6 Å². The summed E-state index contributed by atoms with van der Waals surface area (Å²) in [5.41, 5.74) is 1.18. The van der Waals surface area contributed by atoms with Gasteiger partial charge in [0.25, 0.3) is 0 Å². The van der Waals surface area contributed by atoms with Gasteiger partial charge in [-0.3, -0.25) is 10.1 Å². The molecule has 0 unspecified atom stereocenters. The molecule has 10 heteroatoms. The molecule has 0 atom stereocenters. The van der Waals surface area contributed by atoms with Crippen LogP contribution in [0.15, 0.2) is 24.5 Å². The smallest absolute Gasteiger partial charge is 0.353 e. The molecular weight excluding hydrogens is 374 g/mol. The molecule has 1 aromatic carbocycles. The molecule has 0 radical (unpaired) electrons. The van der Waals surface area contributed by atoms with Crippen molar-refractivity contribution in [1.82, 2.24) is 9.97 Å². The first kappa shape index (κ1) is 20.8. The lowest BCUT2D eigenvalue weighted by Gasteiger charge is -2.23. The van der Waals surface area contributed by atoms with E-state index >= 15 is 0 Å². The van der Waals surface area contributed by atoms with Crippen molar-refractivity contribution in [3.63, 3.8) is 0 Å². The molecule has 1 N–H and O–H groups in total. The average Bonchev–Trinajstić information content (AvgIpc) is 2.65. The highest BCUT2D eigenvalue weighted by Crippen LogP contribution is 2.35. The van der Waals surface area contributed by atoms with Crippen LogP contribution in [-0.2, 0) is 9.47 Å². The van der Waals surface area contributed by atoms with Gasteiger partial charge in [-0.2, -0.15) is 0 Å². The molecule has 146 valence electrons. The normalized spacial score (nSPS) is 10.7.